The van der Waals surface area contributed by atoms with Crippen molar-refractivity contribution in [1.82, 2.24) is 0 Å². The molecule has 1 aromatic carbocycles. The van der Waals surface area contributed by atoms with Gasteiger partial charge in [-0.3, -0.25) is 0 Å². The van der Waals surface area contributed by atoms with Crippen LogP contribution in [-0.4, -0.2) is 8.80 Å². The zero-order valence-corrected chi connectivity index (χ0v) is 15.7. The average Bonchev–Trinajstić information content (AvgIpc) is 2.61. The summed E-state index contributed by atoms with van der Waals surface area (Å²) < 4.78 is 13.1. The van der Waals surface area contributed by atoms with Crippen molar-refractivity contribution in [3.05, 3.63) is 35.6 Å². The fraction of sp³-hybridized carbons (Fsp3) is 0.714. The van der Waals surface area contributed by atoms with Crippen molar-refractivity contribution in [1.29, 1.82) is 0 Å². The molecule has 23 heavy (non-hydrogen) atoms. The molecule has 127 valence electrons. The van der Waals surface area contributed by atoms with E-state index in [-0.39, 0.29) is 14.6 Å². The molecule has 1 radical (unpaired) electrons. The Balaban J connectivity index is 1.43. The van der Waals surface area contributed by atoms with Gasteiger partial charge in [0.2, 0.25) is 0 Å². The van der Waals surface area contributed by atoms with Crippen molar-refractivity contribution < 1.29 is 4.39 Å². The molecule has 0 aromatic heterocycles. The molecule has 1 aromatic rings. The van der Waals surface area contributed by atoms with E-state index < -0.39 is 0 Å². The van der Waals surface area contributed by atoms with Crippen LogP contribution >= 0.6 is 0 Å². The number of hydrogen-bond donors (Lipinski definition) is 0. The Morgan fingerprint density at radius 2 is 1.61 bits per heavy atom. The predicted molar refractivity (Wildman–Crippen MR) is 99.0 cm³/mol. The zero-order chi connectivity index (χ0) is 16.1. The van der Waals surface area contributed by atoms with Gasteiger partial charge in [0, 0.05) is 0 Å². The van der Waals surface area contributed by atoms with E-state index in [0.29, 0.717) is 5.92 Å². The Labute approximate surface area is 143 Å². The van der Waals surface area contributed by atoms with Crippen LogP contribution in [0.1, 0.15) is 76.2 Å². The monoisotopic (exact) mass is 331 g/mol. The van der Waals surface area contributed by atoms with Crippen LogP contribution in [0, 0.1) is 11.7 Å². The van der Waals surface area contributed by atoms with Gasteiger partial charge in [-0.15, -0.1) is 0 Å². The Hall–Kier alpha value is -0.633. The highest BCUT2D eigenvalue weighted by molar-refractivity contribution is 6.60. The van der Waals surface area contributed by atoms with Crippen molar-refractivity contribution in [2.75, 3.05) is 0 Å². The Morgan fingerprint density at radius 1 is 0.957 bits per heavy atom. The summed E-state index contributed by atoms with van der Waals surface area (Å²) in [7, 11) is -0.114. The summed E-state index contributed by atoms with van der Waals surface area (Å²) in [5.74, 6) is 1.64. The van der Waals surface area contributed by atoms with Crippen molar-refractivity contribution in [3.8, 4) is 0 Å². The third kappa shape index (κ3) is 4.68. The van der Waals surface area contributed by atoms with Crippen LogP contribution in [0.5, 0.6) is 0 Å². The Morgan fingerprint density at radius 3 is 2.22 bits per heavy atom. The molecule has 2 heteroatoms. The second-order valence-electron chi connectivity index (χ2n) is 7.84. The van der Waals surface area contributed by atoms with Gasteiger partial charge < -0.3 is 0 Å². The maximum absolute atomic E-state index is 13.1. The summed E-state index contributed by atoms with van der Waals surface area (Å²) >= 11 is 0. The molecule has 1 saturated carbocycles. The first-order valence-corrected chi connectivity index (χ1v) is 11.9. The Kier molecular flexibility index (Phi) is 6.33. The van der Waals surface area contributed by atoms with Crippen molar-refractivity contribution >= 4 is 8.80 Å². The molecule has 0 atom stereocenters. The quantitative estimate of drug-likeness (QED) is 0.512. The fourth-order valence-corrected chi connectivity index (χ4v) is 8.47. The summed E-state index contributed by atoms with van der Waals surface area (Å²) in [6, 6.07) is 10.3. The van der Waals surface area contributed by atoms with E-state index in [1.165, 1.54) is 75.4 Å². The Bertz CT molecular complexity index is 453. The number of rotatable bonds is 5. The van der Waals surface area contributed by atoms with E-state index in [4.69, 9.17) is 0 Å². The van der Waals surface area contributed by atoms with Crippen LogP contribution in [-0.2, 0) is 0 Å². The summed E-state index contributed by atoms with van der Waals surface area (Å²) in [6.45, 7) is 2.32. The molecule has 0 bridgehead atoms. The number of unbranched alkanes of at least 4 members (excludes halogenated alkanes) is 1. The van der Waals surface area contributed by atoms with Crippen LogP contribution in [0.15, 0.2) is 24.3 Å². The first kappa shape index (κ1) is 17.2. The van der Waals surface area contributed by atoms with Gasteiger partial charge in [0.05, 0.1) is 8.80 Å². The first-order chi connectivity index (χ1) is 11.3. The summed E-state index contributed by atoms with van der Waals surface area (Å²) in [4.78, 5) is 0. The van der Waals surface area contributed by atoms with Crippen LogP contribution < -0.4 is 0 Å². The molecule has 0 spiro atoms. The van der Waals surface area contributed by atoms with Crippen LogP contribution in [0.3, 0.4) is 0 Å². The van der Waals surface area contributed by atoms with Crippen LogP contribution in [0.2, 0.25) is 17.6 Å². The lowest BCUT2D eigenvalue weighted by Gasteiger charge is -2.37. The normalized spacial score (nSPS) is 27.2. The van der Waals surface area contributed by atoms with E-state index >= 15 is 0 Å². The van der Waals surface area contributed by atoms with E-state index in [1.54, 1.807) is 12.1 Å². The van der Waals surface area contributed by atoms with Crippen molar-refractivity contribution in [2.24, 2.45) is 5.92 Å². The van der Waals surface area contributed by atoms with Gasteiger partial charge in [-0.2, -0.15) is 0 Å². The molecule has 1 aliphatic heterocycles. The van der Waals surface area contributed by atoms with Crippen LogP contribution in [0.25, 0.3) is 0 Å². The summed E-state index contributed by atoms with van der Waals surface area (Å²) in [5.41, 5.74) is 2.47. The van der Waals surface area contributed by atoms with E-state index in [0.717, 1.165) is 11.5 Å². The highest BCUT2D eigenvalue weighted by Crippen LogP contribution is 2.43. The standard InChI is InChI=1S/C21H32FSi/c1-2-3-4-17-5-11-21(12-6-17)23-15-13-19(14-16-23)18-7-9-20(22)10-8-18/h7-10,17,19,21H,2-6,11-16H2,1H3. The molecule has 3 rings (SSSR count). The minimum atomic E-state index is -0.114. The molecule has 0 nitrogen and oxygen atoms in total. The largest absolute Gasteiger partial charge is 0.207 e. The van der Waals surface area contributed by atoms with Gasteiger partial charge in [0.1, 0.15) is 5.82 Å². The maximum Gasteiger partial charge on any atom is 0.123 e. The molecule has 0 amide bonds. The second kappa shape index (κ2) is 8.46. The number of halogens is 1. The van der Waals surface area contributed by atoms with Gasteiger partial charge in [-0.25, -0.2) is 4.39 Å². The van der Waals surface area contributed by atoms with Gasteiger partial charge in [-0.05, 0) is 47.9 Å². The summed E-state index contributed by atoms with van der Waals surface area (Å²) in [6.07, 6.45) is 13.1. The average molecular weight is 332 g/mol. The van der Waals surface area contributed by atoms with E-state index in [2.05, 4.69) is 6.92 Å². The van der Waals surface area contributed by atoms with Crippen molar-refractivity contribution in [3.63, 3.8) is 0 Å². The van der Waals surface area contributed by atoms with Gasteiger partial charge in [0.15, 0.2) is 0 Å². The van der Waals surface area contributed by atoms with Gasteiger partial charge >= 0.3 is 0 Å². The lowest BCUT2D eigenvalue weighted by Crippen LogP contribution is -2.29. The number of benzene rings is 1. The second-order valence-corrected chi connectivity index (χ2v) is 11.0. The van der Waals surface area contributed by atoms with E-state index in [1.807, 2.05) is 12.1 Å². The highest BCUT2D eigenvalue weighted by atomic mass is 28.3. The lowest BCUT2D eigenvalue weighted by molar-refractivity contribution is 0.327. The van der Waals surface area contributed by atoms with Gasteiger partial charge in [0.25, 0.3) is 0 Å². The minimum Gasteiger partial charge on any atom is -0.207 e. The zero-order valence-electron chi connectivity index (χ0n) is 14.7. The maximum atomic E-state index is 13.1. The molecule has 1 aliphatic carbocycles. The first-order valence-electron chi connectivity index (χ1n) is 9.86. The molecule has 0 N–H and O–H groups in total. The fourth-order valence-electron chi connectivity index (χ4n) is 4.82. The number of hydrogen-bond acceptors (Lipinski definition) is 0. The third-order valence-electron chi connectivity index (χ3n) is 6.36. The molecule has 0 unspecified atom stereocenters. The minimum absolute atomic E-state index is 0.103. The smallest absolute Gasteiger partial charge is 0.123 e. The third-order valence-corrected chi connectivity index (χ3v) is 9.95. The SMILES string of the molecule is CCCCC1CCC([Si]2CCC(c3ccc(F)cc3)CC2)CC1. The summed E-state index contributed by atoms with van der Waals surface area (Å²) in [5, 5.41) is 0. The predicted octanol–water partition coefficient (Wildman–Crippen LogP) is 6.95. The molecule has 1 heterocycles. The molecule has 1 saturated heterocycles. The van der Waals surface area contributed by atoms with Crippen LogP contribution in [0.4, 0.5) is 4.39 Å². The van der Waals surface area contributed by atoms with Gasteiger partial charge in [-0.1, -0.05) is 76.1 Å². The topological polar surface area (TPSA) is 0 Å². The van der Waals surface area contributed by atoms with E-state index in [9.17, 15) is 4.39 Å². The van der Waals surface area contributed by atoms with Crippen molar-refractivity contribution in [2.45, 2.75) is 88.3 Å². The molecule has 2 aliphatic rings. The molecule has 2 fully saturated rings. The molecular formula is C21H32FSi. The molecular weight excluding hydrogens is 299 g/mol. The highest BCUT2D eigenvalue weighted by Gasteiger charge is 2.32. The lowest BCUT2D eigenvalue weighted by atomic mass is 9.85.